The Hall–Kier alpha value is -1.56. The second-order valence-corrected chi connectivity index (χ2v) is 5.09. The van der Waals surface area contributed by atoms with Crippen molar-refractivity contribution < 1.29 is 4.39 Å². The number of halogens is 1. The van der Waals surface area contributed by atoms with Crippen LogP contribution in [0.2, 0.25) is 0 Å². The van der Waals surface area contributed by atoms with Crippen LogP contribution in [0.4, 0.5) is 10.1 Å². The van der Waals surface area contributed by atoms with Crippen LogP contribution in [-0.4, -0.2) is 0 Å². The number of nitrogen functional groups attached to an aromatic ring is 1. The Labute approximate surface area is 102 Å². The number of hydrogen-bond donors (Lipinski definition) is 1. The van der Waals surface area contributed by atoms with E-state index in [1.807, 2.05) is 19.9 Å². The van der Waals surface area contributed by atoms with E-state index in [-0.39, 0.29) is 11.5 Å². The summed E-state index contributed by atoms with van der Waals surface area (Å²) in [5.41, 5.74) is 7.96. The zero-order chi connectivity index (χ0) is 13.2. The van der Waals surface area contributed by atoms with Gasteiger partial charge in [0, 0.05) is 11.3 Å². The summed E-state index contributed by atoms with van der Waals surface area (Å²) >= 11 is 0. The van der Waals surface area contributed by atoms with Crippen molar-refractivity contribution in [2.45, 2.75) is 40.0 Å². The highest BCUT2D eigenvalue weighted by molar-refractivity contribution is 5.59. The largest absolute Gasteiger partial charge is 0.398 e. The van der Waals surface area contributed by atoms with Gasteiger partial charge >= 0.3 is 0 Å². The topological polar surface area (TPSA) is 49.8 Å². The maximum absolute atomic E-state index is 14.0. The molecule has 1 rings (SSSR count). The van der Waals surface area contributed by atoms with Crippen molar-refractivity contribution in [3.8, 4) is 6.07 Å². The molecule has 17 heavy (non-hydrogen) atoms. The third-order valence-electron chi connectivity index (χ3n) is 2.75. The molecule has 92 valence electrons. The van der Waals surface area contributed by atoms with Crippen molar-refractivity contribution in [1.82, 2.24) is 0 Å². The van der Waals surface area contributed by atoms with Crippen LogP contribution in [0.3, 0.4) is 0 Å². The van der Waals surface area contributed by atoms with Crippen LogP contribution >= 0.6 is 0 Å². The number of anilines is 1. The molecule has 2 nitrogen and oxygen atoms in total. The van der Waals surface area contributed by atoms with E-state index >= 15 is 0 Å². The summed E-state index contributed by atoms with van der Waals surface area (Å²) in [5.74, 6) is -0.0592. The van der Waals surface area contributed by atoms with Crippen molar-refractivity contribution in [3.63, 3.8) is 0 Å². The Morgan fingerprint density at radius 2 is 1.94 bits per heavy atom. The fourth-order valence-corrected chi connectivity index (χ4v) is 2.01. The molecule has 0 aliphatic carbocycles. The molecule has 1 aromatic rings. The maximum Gasteiger partial charge on any atom is 0.146 e. The van der Waals surface area contributed by atoms with Crippen LogP contribution in [0.5, 0.6) is 0 Å². The fourth-order valence-electron chi connectivity index (χ4n) is 2.01. The van der Waals surface area contributed by atoms with E-state index in [4.69, 9.17) is 11.0 Å². The highest BCUT2D eigenvalue weighted by atomic mass is 19.1. The third kappa shape index (κ3) is 2.76. The first-order valence-electron chi connectivity index (χ1n) is 5.89. The molecule has 0 unspecified atom stereocenters. The van der Waals surface area contributed by atoms with Crippen LogP contribution in [0.1, 0.15) is 50.3 Å². The quantitative estimate of drug-likeness (QED) is 0.812. The summed E-state index contributed by atoms with van der Waals surface area (Å²) in [6.45, 7) is 7.91. The zero-order valence-electron chi connectivity index (χ0n) is 10.8. The average molecular weight is 234 g/mol. The summed E-state index contributed by atoms with van der Waals surface area (Å²) in [6.07, 6.45) is 0.764. The second-order valence-electron chi connectivity index (χ2n) is 5.09. The molecule has 0 heterocycles. The van der Waals surface area contributed by atoms with Crippen molar-refractivity contribution >= 4 is 5.69 Å². The first-order valence-corrected chi connectivity index (χ1v) is 5.89. The minimum atomic E-state index is -0.465. The number of nitrogens with two attached hydrogens (primary N) is 1. The van der Waals surface area contributed by atoms with E-state index in [1.54, 1.807) is 6.07 Å². The van der Waals surface area contributed by atoms with Gasteiger partial charge in [-0.3, -0.25) is 0 Å². The van der Waals surface area contributed by atoms with E-state index in [2.05, 4.69) is 13.8 Å². The molecule has 0 spiro atoms. The van der Waals surface area contributed by atoms with Gasteiger partial charge in [-0.15, -0.1) is 0 Å². The van der Waals surface area contributed by atoms with Crippen molar-refractivity contribution in [2.24, 2.45) is 5.92 Å². The Balaban J connectivity index is 3.44. The molecule has 0 aromatic heterocycles. The number of benzene rings is 1. The van der Waals surface area contributed by atoms with Gasteiger partial charge in [0.1, 0.15) is 11.9 Å². The van der Waals surface area contributed by atoms with Crippen molar-refractivity contribution in [2.75, 3.05) is 5.73 Å². The molecule has 0 bridgehead atoms. The monoisotopic (exact) mass is 234 g/mol. The smallest absolute Gasteiger partial charge is 0.146 e. The van der Waals surface area contributed by atoms with Gasteiger partial charge in [0.05, 0.1) is 5.56 Å². The highest BCUT2D eigenvalue weighted by Crippen LogP contribution is 2.31. The molecule has 1 aromatic carbocycles. The first-order chi connectivity index (χ1) is 7.88. The molecule has 0 saturated heterocycles. The average Bonchev–Trinajstić information content (AvgIpc) is 2.21. The zero-order valence-corrected chi connectivity index (χ0v) is 10.8. The van der Waals surface area contributed by atoms with Crippen LogP contribution in [0.15, 0.2) is 6.07 Å². The lowest BCUT2D eigenvalue weighted by Crippen LogP contribution is -2.08. The Kier molecular flexibility index (Phi) is 4.11. The normalized spacial score (nSPS) is 10.9. The van der Waals surface area contributed by atoms with Crippen LogP contribution in [0, 0.1) is 23.1 Å². The van der Waals surface area contributed by atoms with Crippen LogP contribution in [-0.2, 0) is 6.42 Å². The summed E-state index contributed by atoms with van der Waals surface area (Å²) in [5, 5.41) is 8.94. The molecule has 0 aliphatic rings. The van der Waals surface area contributed by atoms with Gasteiger partial charge in [0.25, 0.3) is 0 Å². The molecule has 0 radical (unpaired) electrons. The number of nitrogens with zero attached hydrogens (tertiary/aromatic N) is 1. The molecule has 0 aliphatic heterocycles. The third-order valence-corrected chi connectivity index (χ3v) is 2.75. The summed E-state index contributed by atoms with van der Waals surface area (Å²) < 4.78 is 14.0. The molecule has 0 atom stereocenters. The lowest BCUT2D eigenvalue weighted by molar-refractivity contribution is 0.591. The Morgan fingerprint density at radius 3 is 2.35 bits per heavy atom. The molecular weight excluding hydrogens is 215 g/mol. The van der Waals surface area contributed by atoms with Gasteiger partial charge in [-0.1, -0.05) is 27.7 Å². The van der Waals surface area contributed by atoms with Gasteiger partial charge in [-0.2, -0.15) is 5.26 Å². The molecule has 0 fully saturated rings. The van der Waals surface area contributed by atoms with Gasteiger partial charge in [-0.25, -0.2) is 4.39 Å². The highest BCUT2D eigenvalue weighted by Gasteiger charge is 2.18. The van der Waals surface area contributed by atoms with Gasteiger partial charge < -0.3 is 5.73 Å². The standard InChI is InChI=1S/C14H19FN2/c1-8(2)5-10-6-11(7-16)13(15)12(9(3)4)14(10)17/h6,8-9H,5,17H2,1-4H3. The van der Waals surface area contributed by atoms with E-state index in [0.29, 0.717) is 17.2 Å². The van der Waals surface area contributed by atoms with Gasteiger partial charge in [0.15, 0.2) is 0 Å². The molecule has 2 N–H and O–H groups in total. The van der Waals surface area contributed by atoms with Crippen molar-refractivity contribution in [3.05, 3.63) is 28.6 Å². The number of nitriles is 1. The molecule has 3 heteroatoms. The lowest BCUT2D eigenvalue weighted by atomic mass is 9.91. The van der Waals surface area contributed by atoms with E-state index in [1.165, 1.54) is 0 Å². The number of hydrogen-bond acceptors (Lipinski definition) is 2. The predicted molar refractivity (Wildman–Crippen MR) is 68.2 cm³/mol. The van der Waals surface area contributed by atoms with E-state index in [0.717, 1.165) is 12.0 Å². The van der Waals surface area contributed by atoms with Crippen molar-refractivity contribution in [1.29, 1.82) is 5.26 Å². The second kappa shape index (κ2) is 5.18. The van der Waals surface area contributed by atoms with Crippen LogP contribution < -0.4 is 5.73 Å². The fraction of sp³-hybridized carbons (Fsp3) is 0.500. The molecule has 0 saturated carbocycles. The molecule has 0 amide bonds. The minimum Gasteiger partial charge on any atom is -0.398 e. The summed E-state index contributed by atoms with van der Waals surface area (Å²) in [7, 11) is 0. The molecular formula is C14H19FN2. The van der Waals surface area contributed by atoms with Crippen LogP contribution in [0.25, 0.3) is 0 Å². The van der Waals surface area contributed by atoms with E-state index < -0.39 is 5.82 Å². The summed E-state index contributed by atoms with van der Waals surface area (Å²) in [6, 6.07) is 3.48. The minimum absolute atomic E-state index is 0.0192. The SMILES string of the molecule is CC(C)Cc1cc(C#N)c(F)c(C(C)C)c1N. The predicted octanol–water partition coefficient (Wildman–Crippen LogP) is 3.60. The maximum atomic E-state index is 14.0. The Bertz CT molecular complexity index is 456. The Morgan fingerprint density at radius 1 is 1.35 bits per heavy atom. The van der Waals surface area contributed by atoms with Gasteiger partial charge in [-0.05, 0) is 29.9 Å². The van der Waals surface area contributed by atoms with Gasteiger partial charge in [0.2, 0.25) is 0 Å². The lowest BCUT2D eigenvalue weighted by Gasteiger charge is -2.17. The summed E-state index contributed by atoms with van der Waals surface area (Å²) in [4.78, 5) is 0. The first kappa shape index (κ1) is 13.5. The number of rotatable bonds is 3. The van der Waals surface area contributed by atoms with E-state index in [9.17, 15) is 4.39 Å².